The van der Waals surface area contributed by atoms with Crippen molar-refractivity contribution in [2.24, 2.45) is 0 Å². The molecule has 0 unspecified atom stereocenters. The van der Waals surface area contributed by atoms with Crippen LogP contribution < -0.4 is 5.32 Å². The van der Waals surface area contributed by atoms with Crippen molar-refractivity contribution in [1.29, 1.82) is 0 Å². The van der Waals surface area contributed by atoms with Crippen LogP contribution in [0.25, 0.3) is 16.9 Å². The zero-order valence-corrected chi connectivity index (χ0v) is 18.7. The summed E-state index contributed by atoms with van der Waals surface area (Å²) in [6.45, 7) is 4.35. The maximum atomic E-state index is 12.6. The third-order valence-electron chi connectivity index (χ3n) is 5.32. The highest BCUT2D eigenvalue weighted by molar-refractivity contribution is 6.33. The third kappa shape index (κ3) is 4.63. The number of rotatable bonds is 7. The quantitative estimate of drug-likeness (QED) is 0.383. The molecule has 2 aromatic carbocycles. The Labute approximate surface area is 194 Å². The topological polar surface area (TPSA) is 126 Å². The lowest BCUT2D eigenvalue weighted by molar-refractivity contribution is 0.0696. The van der Waals surface area contributed by atoms with Gasteiger partial charge in [0.05, 0.1) is 28.2 Å². The summed E-state index contributed by atoms with van der Waals surface area (Å²) in [5.74, 6) is -1.30. The Kier molecular flexibility index (Phi) is 6.23. The number of halogens is 1. The van der Waals surface area contributed by atoms with Crippen LogP contribution in [0.1, 0.15) is 37.7 Å². The Morgan fingerprint density at radius 1 is 1.18 bits per heavy atom. The molecule has 0 aliphatic carbocycles. The van der Waals surface area contributed by atoms with Gasteiger partial charge in [-0.3, -0.25) is 9.89 Å². The second-order valence-corrected chi connectivity index (χ2v) is 7.89. The van der Waals surface area contributed by atoms with Crippen molar-refractivity contribution in [3.05, 3.63) is 81.8 Å². The lowest BCUT2D eigenvalue weighted by Crippen LogP contribution is -2.25. The molecule has 4 rings (SSSR count). The summed E-state index contributed by atoms with van der Waals surface area (Å²) in [5.41, 5.74) is 4.97. The van der Waals surface area contributed by atoms with E-state index >= 15 is 0 Å². The fourth-order valence-electron chi connectivity index (χ4n) is 3.57. The number of hydrogen-bond donors (Lipinski definition) is 3. The molecule has 0 atom stereocenters. The van der Waals surface area contributed by atoms with Crippen molar-refractivity contribution in [1.82, 2.24) is 30.5 Å². The molecule has 2 heterocycles. The molecule has 9 nitrogen and oxygen atoms in total. The van der Waals surface area contributed by atoms with Gasteiger partial charge in [-0.1, -0.05) is 35.0 Å². The van der Waals surface area contributed by atoms with Crippen LogP contribution >= 0.6 is 11.6 Å². The molecule has 0 saturated carbocycles. The third-order valence-corrected chi connectivity index (χ3v) is 5.64. The first-order valence-electron chi connectivity index (χ1n) is 10.2. The summed E-state index contributed by atoms with van der Waals surface area (Å²) in [6.07, 6.45) is 2.27. The van der Waals surface area contributed by atoms with E-state index in [1.165, 1.54) is 10.7 Å². The number of amides is 1. The van der Waals surface area contributed by atoms with Crippen molar-refractivity contribution in [2.45, 2.75) is 20.3 Å². The van der Waals surface area contributed by atoms with Gasteiger partial charge in [-0.05, 0) is 50.1 Å². The number of hydrogen-bond acceptors (Lipinski definition) is 5. The number of carbonyl (C=O) groups excluding carboxylic acids is 1. The Hall–Kier alpha value is -3.98. The summed E-state index contributed by atoms with van der Waals surface area (Å²) in [4.78, 5) is 24.0. The van der Waals surface area contributed by atoms with Gasteiger partial charge in [-0.2, -0.15) is 5.10 Å². The number of aromatic carboxylic acids is 1. The Balaban J connectivity index is 1.48. The first-order chi connectivity index (χ1) is 15.8. The molecule has 0 spiro atoms. The van der Waals surface area contributed by atoms with Crippen LogP contribution in [0.15, 0.2) is 48.7 Å². The monoisotopic (exact) mass is 464 g/mol. The van der Waals surface area contributed by atoms with Crippen molar-refractivity contribution in [3.63, 3.8) is 0 Å². The summed E-state index contributed by atoms with van der Waals surface area (Å²) in [5, 5.41) is 27.9. The zero-order valence-electron chi connectivity index (χ0n) is 18.0. The minimum Gasteiger partial charge on any atom is -0.478 e. The average Bonchev–Trinajstić information content (AvgIpc) is 3.41. The number of nitrogens with zero attached hydrogens (tertiary/aromatic N) is 4. The molecule has 33 heavy (non-hydrogen) atoms. The summed E-state index contributed by atoms with van der Waals surface area (Å²) in [7, 11) is 0. The van der Waals surface area contributed by atoms with Gasteiger partial charge >= 0.3 is 5.97 Å². The molecule has 0 aliphatic rings. The van der Waals surface area contributed by atoms with Gasteiger partial charge in [0.15, 0.2) is 0 Å². The number of aromatic amines is 1. The van der Waals surface area contributed by atoms with Crippen LogP contribution in [0.5, 0.6) is 0 Å². The largest absolute Gasteiger partial charge is 0.478 e. The number of carboxylic acid groups (broad SMARTS) is 1. The molecule has 3 N–H and O–H groups in total. The number of carboxylic acids is 1. The smallest absolute Gasteiger partial charge is 0.337 e. The van der Waals surface area contributed by atoms with Crippen LogP contribution in [0.2, 0.25) is 5.02 Å². The number of aromatic nitrogens is 5. The van der Waals surface area contributed by atoms with E-state index < -0.39 is 5.97 Å². The van der Waals surface area contributed by atoms with E-state index in [-0.39, 0.29) is 11.5 Å². The average molecular weight is 465 g/mol. The van der Waals surface area contributed by atoms with Crippen LogP contribution in [0.3, 0.4) is 0 Å². The normalized spacial score (nSPS) is 10.9. The molecule has 0 aliphatic heterocycles. The van der Waals surface area contributed by atoms with Gasteiger partial charge < -0.3 is 10.4 Å². The molecule has 0 fully saturated rings. The first kappa shape index (κ1) is 22.2. The second-order valence-electron chi connectivity index (χ2n) is 7.48. The number of aryl methyl sites for hydroxylation is 2. The van der Waals surface area contributed by atoms with Gasteiger partial charge in [0.25, 0.3) is 5.91 Å². The second kappa shape index (κ2) is 9.25. The molecule has 0 saturated heterocycles. The maximum absolute atomic E-state index is 12.6. The summed E-state index contributed by atoms with van der Waals surface area (Å²) < 4.78 is 1.38. The van der Waals surface area contributed by atoms with Crippen molar-refractivity contribution in [3.8, 4) is 16.9 Å². The predicted octanol–water partition coefficient (Wildman–Crippen LogP) is 3.60. The van der Waals surface area contributed by atoms with Gasteiger partial charge in [0.1, 0.15) is 5.69 Å². The zero-order chi connectivity index (χ0) is 23.5. The van der Waals surface area contributed by atoms with E-state index in [4.69, 9.17) is 11.6 Å². The van der Waals surface area contributed by atoms with Gasteiger partial charge in [0, 0.05) is 23.4 Å². The van der Waals surface area contributed by atoms with Crippen molar-refractivity contribution < 1.29 is 14.7 Å². The van der Waals surface area contributed by atoms with Crippen molar-refractivity contribution in [2.75, 3.05) is 6.54 Å². The molecule has 10 heteroatoms. The predicted molar refractivity (Wildman–Crippen MR) is 123 cm³/mol. The Morgan fingerprint density at radius 2 is 1.97 bits per heavy atom. The Morgan fingerprint density at radius 3 is 2.67 bits per heavy atom. The molecule has 1 amide bonds. The van der Waals surface area contributed by atoms with E-state index in [0.29, 0.717) is 40.5 Å². The molecule has 0 bridgehead atoms. The van der Waals surface area contributed by atoms with Gasteiger partial charge in [0.2, 0.25) is 0 Å². The van der Waals surface area contributed by atoms with Crippen LogP contribution in [0, 0.1) is 13.8 Å². The molecule has 168 valence electrons. The fourth-order valence-corrected chi connectivity index (χ4v) is 3.85. The Bertz CT molecular complexity index is 1320. The van der Waals surface area contributed by atoms with E-state index in [2.05, 4.69) is 25.8 Å². The van der Waals surface area contributed by atoms with Gasteiger partial charge in [-0.25, -0.2) is 9.48 Å². The van der Waals surface area contributed by atoms with Gasteiger partial charge in [-0.15, -0.1) is 5.10 Å². The lowest BCUT2D eigenvalue weighted by Gasteiger charge is -2.08. The molecular weight excluding hydrogens is 444 g/mol. The number of carbonyl (C=O) groups is 2. The highest BCUT2D eigenvalue weighted by Crippen LogP contribution is 2.28. The number of benzene rings is 2. The molecule has 0 radical (unpaired) electrons. The van der Waals surface area contributed by atoms with Crippen LogP contribution in [0.4, 0.5) is 0 Å². The number of para-hydroxylation sites is 1. The minimum atomic E-state index is -1.06. The summed E-state index contributed by atoms with van der Waals surface area (Å²) >= 11 is 6.44. The molecule has 2 aromatic heterocycles. The van der Waals surface area contributed by atoms with Crippen LogP contribution in [-0.2, 0) is 6.42 Å². The van der Waals surface area contributed by atoms with E-state index in [9.17, 15) is 14.7 Å². The summed E-state index contributed by atoms with van der Waals surface area (Å²) in [6, 6.07) is 11.4. The van der Waals surface area contributed by atoms with Crippen molar-refractivity contribution >= 4 is 23.5 Å². The maximum Gasteiger partial charge on any atom is 0.337 e. The highest BCUT2D eigenvalue weighted by Gasteiger charge is 2.16. The number of H-pyrrole nitrogens is 1. The minimum absolute atomic E-state index is 0.105. The molecule has 4 aromatic rings. The van der Waals surface area contributed by atoms with Crippen LogP contribution in [-0.4, -0.2) is 48.7 Å². The SMILES string of the molecule is Cc1n[nH]c(C)c1CCNC(=O)c1ccc(-c2cn(-c3ccccc3C(=O)O)nn2)c(Cl)c1. The van der Waals surface area contributed by atoms with E-state index in [1.54, 1.807) is 42.6 Å². The fraction of sp³-hybridized carbons (Fsp3) is 0.174. The highest BCUT2D eigenvalue weighted by atomic mass is 35.5. The van der Waals surface area contributed by atoms with E-state index in [0.717, 1.165) is 17.0 Å². The standard InChI is InChI=1S/C23H21ClN6O3/c1-13-16(14(2)27-26-13)9-10-25-22(31)15-7-8-17(19(24)11-15)20-12-30(29-28-20)21-6-4-3-5-18(21)23(32)33/h3-8,11-12H,9-10H2,1-2H3,(H,25,31)(H,26,27)(H,32,33). The van der Waals surface area contributed by atoms with E-state index in [1.807, 2.05) is 13.8 Å². The lowest BCUT2D eigenvalue weighted by atomic mass is 10.1. The first-order valence-corrected chi connectivity index (χ1v) is 10.6. The molecular formula is C23H21ClN6O3. The number of nitrogens with one attached hydrogen (secondary N) is 2.